The molecule has 0 spiro atoms. The summed E-state index contributed by atoms with van der Waals surface area (Å²) in [4.78, 5) is 11.9. The molecule has 0 aromatic heterocycles. The summed E-state index contributed by atoms with van der Waals surface area (Å²) in [7, 11) is 0. The molecule has 1 N–H and O–H groups in total. The Balaban J connectivity index is 1.74. The summed E-state index contributed by atoms with van der Waals surface area (Å²) in [5.41, 5.74) is 0. The molecule has 1 aliphatic rings. The van der Waals surface area contributed by atoms with Gasteiger partial charge in [0.2, 0.25) is 0 Å². The van der Waals surface area contributed by atoms with E-state index in [2.05, 4.69) is 12.2 Å². The molecule has 0 saturated carbocycles. The van der Waals surface area contributed by atoms with Gasteiger partial charge in [-0.1, -0.05) is 103 Å². The summed E-state index contributed by atoms with van der Waals surface area (Å²) < 4.78 is 10.8. The Labute approximate surface area is 174 Å². The van der Waals surface area contributed by atoms with Crippen molar-refractivity contribution < 1.29 is 14.3 Å². The van der Waals surface area contributed by atoms with Gasteiger partial charge in [-0.3, -0.25) is 10.1 Å². The highest BCUT2D eigenvalue weighted by molar-refractivity contribution is 5.72. The lowest BCUT2D eigenvalue weighted by Gasteiger charge is -2.17. The number of hydrogen-bond acceptors (Lipinski definition) is 4. The first kappa shape index (κ1) is 25.4. The predicted molar refractivity (Wildman–Crippen MR) is 117 cm³/mol. The molecule has 2 atom stereocenters. The Kier molecular flexibility index (Phi) is 16.7. The summed E-state index contributed by atoms with van der Waals surface area (Å²) in [6.45, 7) is 6.21. The molecule has 0 amide bonds. The third kappa shape index (κ3) is 13.5. The lowest BCUT2D eigenvalue weighted by molar-refractivity contribution is -0.152. The van der Waals surface area contributed by atoms with Crippen LogP contribution in [0.3, 0.4) is 0 Å². The van der Waals surface area contributed by atoms with Gasteiger partial charge in [-0.15, -0.1) is 0 Å². The van der Waals surface area contributed by atoms with Crippen molar-refractivity contribution in [3.05, 3.63) is 0 Å². The highest BCUT2D eigenvalue weighted by Crippen LogP contribution is 2.14. The summed E-state index contributed by atoms with van der Waals surface area (Å²) in [5.74, 6) is -0.357. The van der Waals surface area contributed by atoms with E-state index < -0.39 is 0 Å². The van der Waals surface area contributed by atoms with Gasteiger partial charge >= 0.3 is 5.97 Å². The maximum atomic E-state index is 11.9. The van der Waals surface area contributed by atoms with Crippen LogP contribution in [0.1, 0.15) is 117 Å². The Bertz CT molecular complexity index is 356. The van der Waals surface area contributed by atoms with Crippen LogP contribution in [0.4, 0.5) is 0 Å². The number of rotatable bonds is 19. The summed E-state index contributed by atoms with van der Waals surface area (Å²) in [6, 6.07) is 0. The summed E-state index contributed by atoms with van der Waals surface area (Å²) in [6.07, 6.45) is 21.5. The van der Waals surface area contributed by atoms with Gasteiger partial charge in [0.15, 0.2) is 0 Å². The number of hydrogen-bond donors (Lipinski definition) is 1. The SMILES string of the molecule is CCCCCCCCCCCCCCCCCCOC(=O)C(C)C1NCCO1. The molecule has 166 valence electrons. The second-order valence-corrected chi connectivity index (χ2v) is 8.50. The standard InChI is InChI=1S/C24H47NO3/c1-3-4-5-6-7-8-9-10-11-12-13-14-15-16-17-18-20-28-24(26)22(2)23-25-19-21-27-23/h22-23,25H,3-21H2,1-2H3. The van der Waals surface area contributed by atoms with Crippen LogP contribution in [0.25, 0.3) is 0 Å². The van der Waals surface area contributed by atoms with Gasteiger partial charge in [0.25, 0.3) is 0 Å². The van der Waals surface area contributed by atoms with Gasteiger partial charge in [0.05, 0.1) is 19.1 Å². The minimum absolute atomic E-state index is 0.139. The average Bonchev–Trinajstić information content (AvgIpc) is 3.24. The van der Waals surface area contributed by atoms with E-state index in [4.69, 9.17) is 9.47 Å². The fraction of sp³-hybridized carbons (Fsp3) is 0.958. The Morgan fingerprint density at radius 1 is 0.857 bits per heavy atom. The van der Waals surface area contributed by atoms with Crippen LogP contribution in [-0.4, -0.2) is 32.0 Å². The van der Waals surface area contributed by atoms with Crippen LogP contribution >= 0.6 is 0 Å². The molecule has 1 saturated heterocycles. The summed E-state index contributed by atoms with van der Waals surface area (Å²) in [5, 5.41) is 3.17. The zero-order valence-corrected chi connectivity index (χ0v) is 18.8. The molecular weight excluding hydrogens is 350 g/mol. The van der Waals surface area contributed by atoms with Crippen LogP contribution in [-0.2, 0) is 14.3 Å². The number of carbonyl (C=O) groups is 1. The zero-order chi connectivity index (χ0) is 20.3. The van der Waals surface area contributed by atoms with Gasteiger partial charge in [-0.05, 0) is 13.3 Å². The maximum Gasteiger partial charge on any atom is 0.312 e. The Hall–Kier alpha value is -0.610. The lowest BCUT2D eigenvalue weighted by Crippen LogP contribution is -2.35. The second kappa shape index (κ2) is 18.4. The minimum Gasteiger partial charge on any atom is -0.465 e. The quantitative estimate of drug-likeness (QED) is 0.203. The normalized spacial score (nSPS) is 17.7. The van der Waals surface area contributed by atoms with Gasteiger partial charge < -0.3 is 9.47 Å². The number of carbonyl (C=O) groups excluding carboxylic acids is 1. The molecule has 0 bridgehead atoms. The first-order valence-corrected chi connectivity index (χ1v) is 12.3. The number of nitrogens with one attached hydrogen (secondary N) is 1. The predicted octanol–water partition coefficient (Wildman–Crippen LogP) is 6.37. The van der Waals surface area contributed by atoms with Crippen LogP contribution in [0.2, 0.25) is 0 Å². The molecule has 4 heteroatoms. The van der Waals surface area contributed by atoms with Gasteiger partial charge in [0, 0.05) is 6.54 Å². The maximum absolute atomic E-state index is 11.9. The van der Waals surface area contributed by atoms with Gasteiger partial charge in [-0.2, -0.15) is 0 Å². The van der Waals surface area contributed by atoms with Crippen LogP contribution < -0.4 is 5.32 Å². The monoisotopic (exact) mass is 397 g/mol. The molecule has 0 radical (unpaired) electrons. The number of esters is 1. The van der Waals surface area contributed by atoms with Crippen molar-refractivity contribution in [1.29, 1.82) is 0 Å². The third-order valence-electron chi connectivity index (χ3n) is 5.81. The second-order valence-electron chi connectivity index (χ2n) is 8.50. The van der Waals surface area contributed by atoms with E-state index >= 15 is 0 Å². The Morgan fingerprint density at radius 3 is 1.75 bits per heavy atom. The zero-order valence-electron chi connectivity index (χ0n) is 18.8. The van der Waals surface area contributed by atoms with E-state index in [1.165, 1.54) is 89.9 Å². The largest absolute Gasteiger partial charge is 0.465 e. The lowest BCUT2D eigenvalue weighted by atomic mass is 10.0. The molecule has 4 nitrogen and oxygen atoms in total. The number of ether oxygens (including phenoxy) is 2. The van der Waals surface area contributed by atoms with Crippen molar-refractivity contribution in [3.63, 3.8) is 0 Å². The van der Waals surface area contributed by atoms with Crippen molar-refractivity contribution in [2.75, 3.05) is 19.8 Å². The first-order chi connectivity index (χ1) is 13.8. The highest BCUT2D eigenvalue weighted by Gasteiger charge is 2.28. The van der Waals surface area contributed by atoms with Crippen molar-refractivity contribution in [1.82, 2.24) is 5.32 Å². The summed E-state index contributed by atoms with van der Waals surface area (Å²) >= 11 is 0. The molecule has 0 aromatic carbocycles. The Morgan fingerprint density at radius 2 is 1.32 bits per heavy atom. The first-order valence-electron chi connectivity index (χ1n) is 12.3. The van der Waals surface area contributed by atoms with Crippen molar-refractivity contribution in [2.24, 2.45) is 5.92 Å². The smallest absolute Gasteiger partial charge is 0.312 e. The van der Waals surface area contributed by atoms with E-state index in [1.807, 2.05) is 6.92 Å². The minimum atomic E-state index is -0.219. The molecule has 1 fully saturated rings. The fourth-order valence-corrected chi connectivity index (χ4v) is 3.85. The topological polar surface area (TPSA) is 47.6 Å². The van der Waals surface area contributed by atoms with Gasteiger partial charge in [0.1, 0.15) is 6.23 Å². The average molecular weight is 398 g/mol. The van der Waals surface area contributed by atoms with Crippen molar-refractivity contribution in [2.45, 2.75) is 123 Å². The molecule has 0 aromatic rings. The molecule has 1 aliphatic heterocycles. The fourth-order valence-electron chi connectivity index (χ4n) is 3.85. The molecular formula is C24H47NO3. The van der Waals surface area contributed by atoms with Crippen LogP contribution in [0.5, 0.6) is 0 Å². The number of unbranched alkanes of at least 4 members (excludes halogenated alkanes) is 15. The third-order valence-corrected chi connectivity index (χ3v) is 5.81. The molecule has 1 heterocycles. The highest BCUT2D eigenvalue weighted by atomic mass is 16.5. The van der Waals surface area contributed by atoms with Crippen molar-refractivity contribution in [3.8, 4) is 0 Å². The van der Waals surface area contributed by atoms with E-state index in [0.29, 0.717) is 13.2 Å². The van der Waals surface area contributed by atoms with E-state index in [9.17, 15) is 4.79 Å². The molecule has 2 unspecified atom stereocenters. The van der Waals surface area contributed by atoms with Gasteiger partial charge in [-0.25, -0.2) is 0 Å². The van der Waals surface area contributed by atoms with E-state index in [0.717, 1.165) is 19.4 Å². The van der Waals surface area contributed by atoms with E-state index in [-0.39, 0.29) is 18.1 Å². The van der Waals surface area contributed by atoms with Crippen molar-refractivity contribution >= 4 is 5.97 Å². The van der Waals surface area contributed by atoms with E-state index in [1.54, 1.807) is 0 Å². The van der Waals surface area contributed by atoms with Crippen LogP contribution in [0, 0.1) is 5.92 Å². The van der Waals surface area contributed by atoms with Crippen LogP contribution in [0.15, 0.2) is 0 Å². The molecule has 28 heavy (non-hydrogen) atoms. The molecule has 0 aliphatic carbocycles. The molecule has 1 rings (SSSR count).